The third-order valence-electron chi connectivity index (χ3n) is 5.99. The van der Waals surface area contributed by atoms with E-state index in [1.165, 1.54) is 0 Å². The predicted octanol–water partition coefficient (Wildman–Crippen LogP) is 5.65. The van der Waals surface area contributed by atoms with Crippen molar-refractivity contribution in [1.82, 2.24) is 14.8 Å². The van der Waals surface area contributed by atoms with Crippen LogP contribution < -0.4 is 20.1 Å². The molecule has 1 aromatic heterocycles. The van der Waals surface area contributed by atoms with Gasteiger partial charge in [-0.3, -0.25) is 4.79 Å². The second-order valence-electron chi connectivity index (χ2n) is 8.20. The van der Waals surface area contributed by atoms with E-state index in [0.717, 1.165) is 21.3 Å². The Balaban J connectivity index is 1.58. The fourth-order valence-electron chi connectivity index (χ4n) is 4.20. The van der Waals surface area contributed by atoms with Gasteiger partial charge in [0.25, 0.3) is 5.91 Å². The molecule has 182 valence electrons. The zero-order valence-corrected chi connectivity index (χ0v) is 21.5. The predicted molar refractivity (Wildman–Crippen MR) is 142 cm³/mol. The van der Waals surface area contributed by atoms with E-state index < -0.39 is 6.04 Å². The molecule has 0 radical (unpaired) electrons. The van der Waals surface area contributed by atoms with E-state index in [1.54, 1.807) is 31.0 Å². The lowest BCUT2D eigenvalue weighted by Crippen LogP contribution is -2.31. The average Bonchev–Trinajstić information content (AvgIpc) is 3.32. The number of amides is 1. The largest absolute Gasteiger partial charge is 0.497 e. The Kier molecular flexibility index (Phi) is 6.47. The van der Waals surface area contributed by atoms with E-state index in [-0.39, 0.29) is 5.91 Å². The highest BCUT2D eigenvalue weighted by atomic mass is 79.9. The molecule has 1 aliphatic rings. The second-order valence-corrected chi connectivity index (χ2v) is 9.12. The monoisotopic (exact) mass is 545 g/mol. The van der Waals surface area contributed by atoms with E-state index in [2.05, 4.69) is 26.6 Å². The first-order valence-electron chi connectivity index (χ1n) is 11.3. The number of rotatable bonds is 6. The van der Waals surface area contributed by atoms with Gasteiger partial charge in [-0.05, 0) is 61.0 Å². The minimum atomic E-state index is -0.497. The highest BCUT2D eigenvalue weighted by Gasteiger charge is 2.34. The van der Waals surface area contributed by atoms with Crippen molar-refractivity contribution >= 4 is 33.5 Å². The summed E-state index contributed by atoms with van der Waals surface area (Å²) in [5, 5.41) is 11.1. The van der Waals surface area contributed by atoms with Crippen molar-refractivity contribution in [1.29, 1.82) is 0 Å². The quantitative estimate of drug-likeness (QED) is 0.325. The van der Waals surface area contributed by atoms with E-state index in [1.807, 2.05) is 67.6 Å². The first-order valence-corrected chi connectivity index (χ1v) is 12.1. The molecule has 36 heavy (non-hydrogen) atoms. The fourth-order valence-corrected chi connectivity index (χ4v) is 4.46. The normalized spacial score (nSPS) is 14.6. The molecule has 0 spiro atoms. The van der Waals surface area contributed by atoms with Gasteiger partial charge in [0.15, 0.2) is 5.82 Å². The smallest absolute Gasteiger partial charge is 0.255 e. The Morgan fingerprint density at radius 2 is 1.72 bits per heavy atom. The maximum Gasteiger partial charge on any atom is 0.255 e. The van der Waals surface area contributed by atoms with Crippen molar-refractivity contribution in [2.45, 2.75) is 13.0 Å². The summed E-state index contributed by atoms with van der Waals surface area (Å²) in [7, 11) is 3.20. The highest BCUT2D eigenvalue weighted by Crippen LogP contribution is 2.38. The zero-order valence-electron chi connectivity index (χ0n) is 19.9. The Hall–Kier alpha value is -4.11. The number of ether oxygens (including phenoxy) is 2. The van der Waals surface area contributed by atoms with Crippen LogP contribution in [0.5, 0.6) is 11.5 Å². The van der Waals surface area contributed by atoms with Gasteiger partial charge in [0.1, 0.15) is 17.5 Å². The number of methoxy groups -OCH3 is 2. The van der Waals surface area contributed by atoms with E-state index in [9.17, 15) is 4.79 Å². The number of carbonyl (C=O) groups excluding carboxylic acids is 1. The summed E-state index contributed by atoms with van der Waals surface area (Å²) < 4.78 is 13.4. The minimum absolute atomic E-state index is 0.260. The van der Waals surface area contributed by atoms with Gasteiger partial charge in [-0.15, -0.1) is 5.10 Å². The summed E-state index contributed by atoms with van der Waals surface area (Å²) in [6.07, 6.45) is 0. The molecule has 9 heteroatoms. The van der Waals surface area contributed by atoms with Crippen LogP contribution in [0.4, 0.5) is 11.6 Å². The van der Waals surface area contributed by atoms with Gasteiger partial charge in [0.05, 0.1) is 25.5 Å². The van der Waals surface area contributed by atoms with E-state index >= 15 is 0 Å². The first kappa shape index (κ1) is 23.6. The van der Waals surface area contributed by atoms with Crippen molar-refractivity contribution in [2.75, 3.05) is 24.9 Å². The van der Waals surface area contributed by atoms with Crippen LogP contribution >= 0.6 is 15.9 Å². The van der Waals surface area contributed by atoms with E-state index in [4.69, 9.17) is 19.6 Å². The molecule has 2 heterocycles. The van der Waals surface area contributed by atoms with Gasteiger partial charge in [-0.1, -0.05) is 40.2 Å². The second kappa shape index (κ2) is 9.87. The first-order chi connectivity index (χ1) is 17.5. The maximum atomic E-state index is 13.7. The summed E-state index contributed by atoms with van der Waals surface area (Å²) in [4.78, 5) is 18.4. The number of benzene rings is 3. The van der Waals surface area contributed by atoms with Crippen LogP contribution in [0.15, 0.2) is 88.5 Å². The van der Waals surface area contributed by atoms with Crippen LogP contribution in [-0.4, -0.2) is 34.9 Å². The molecule has 1 unspecified atom stereocenters. The molecular weight excluding hydrogens is 522 g/mol. The molecule has 0 fully saturated rings. The van der Waals surface area contributed by atoms with Gasteiger partial charge >= 0.3 is 0 Å². The van der Waals surface area contributed by atoms with Crippen molar-refractivity contribution in [3.05, 3.63) is 94.1 Å². The molecule has 2 N–H and O–H groups in total. The summed E-state index contributed by atoms with van der Waals surface area (Å²) >= 11 is 3.50. The highest BCUT2D eigenvalue weighted by molar-refractivity contribution is 9.10. The number of fused-ring (bicyclic) bond motifs is 1. The van der Waals surface area contributed by atoms with Crippen LogP contribution in [0.2, 0.25) is 0 Å². The SMILES string of the molecule is COc1ccc(-c2nc3n(n2)C(c2ccc(Br)cc2)C(C(=O)Nc2ccccc2OC)=C(C)N3)cc1. The number of nitrogens with zero attached hydrogens (tertiary/aromatic N) is 3. The average molecular weight is 546 g/mol. The number of para-hydroxylation sites is 2. The number of allylic oxidation sites excluding steroid dienone is 1. The molecule has 1 aliphatic heterocycles. The van der Waals surface area contributed by atoms with Crippen LogP contribution in [0, 0.1) is 0 Å². The third kappa shape index (κ3) is 4.45. The molecule has 4 aromatic rings. The number of nitrogens with one attached hydrogen (secondary N) is 2. The van der Waals surface area contributed by atoms with Gasteiger partial charge in [-0.2, -0.15) is 4.98 Å². The topological polar surface area (TPSA) is 90.3 Å². The molecule has 0 bridgehead atoms. The third-order valence-corrected chi connectivity index (χ3v) is 6.52. The number of hydrogen-bond acceptors (Lipinski definition) is 6. The van der Waals surface area contributed by atoms with Gasteiger partial charge < -0.3 is 20.1 Å². The summed E-state index contributed by atoms with van der Waals surface area (Å²) in [6, 6.07) is 22.2. The molecule has 0 saturated heterocycles. The summed E-state index contributed by atoms with van der Waals surface area (Å²) in [5.74, 6) is 2.17. The summed E-state index contributed by atoms with van der Waals surface area (Å²) in [6.45, 7) is 1.87. The lowest BCUT2D eigenvalue weighted by atomic mass is 9.95. The van der Waals surface area contributed by atoms with Crippen molar-refractivity contribution < 1.29 is 14.3 Å². The molecular formula is C27H24BrN5O3. The lowest BCUT2D eigenvalue weighted by Gasteiger charge is -2.29. The number of hydrogen-bond donors (Lipinski definition) is 2. The van der Waals surface area contributed by atoms with Crippen molar-refractivity contribution in [3.8, 4) is 22.9 Å². The molecule has 1 atom stereocenters. The molecule has 1 amide bonds. The summed E-state index contributed by atoms with van der Waals surface area (Å²) in [5.41, 5.74) is 3.55. The number of halogens is 1. The maximum absolute atomic E-state index is 13.7. The standard InChI is InChI=1S/C27H24BrN5O3/c1-16-23(26(34)30-21-6-4-5-7-22(21)36-3)24(17-8-12-19(28)13-9-17)33-27(29-16)31-25(32-33)18-10-14-20(35-2)15-11-18/h4-15,24H,1-3H3,(H,30,34)(H,29,31,32). The van der Waals surface area contributed by atoms with Crippen molar-refractivity contribution in [3.63, 3.8) is 0 Å². The molecule has 8 nitrogen and oxygen atoms in total. The minimum Gasteiger partial charge on any atom is -0.497 e. The van der Waals surface area contributed by atoms with Crippen LogP contribution in [-0.2, 0) is 4.79 Å². The van der Waals surface area contributed by atoms with Gasteiger partial charge in [0.2, 0.25) is 5.95 Å². The molecule has 0 aliphatic carbocycles. The Morgan fingerprint density at radius 3 is 2.42 bits per heavy atom. The van der Waals surface area contributed by atoms with Crippen LogP contribution in [0.3, 0.4) is 0 Å². The Morgan fingerprint density at radius 1 is 1.00 bits per heavy atom. The van der Waals surface area contributed by atoms with Gasteiger partial charge in [-0.25, -0.2) is 4.68 Å². The zero-order chi connectivity index (χ0) is 25.2. The Labute approximate surface area is 217 Å². The number of carbonyl (C=O) groups is 1. The number of aromatic nitrogens is 3. The fraction of sp³-hybridized carbons (Fsp3) is 0.148. The lowest BCUT2D eigenvalue weighted by molar-refractivity contribution is -0.113. The van der Waals surface area contributed by atoms with Crippen LogP contribution in [0.25, 0.3) is 11.4 Å². The van der Waals surface area contributed by atoms with Crippen molar-refractivity contribution in [2.24, 2.45) is 0 Å². The molecule has 0 saturated carbocycles. The molecule has 3 aromatic carbocycles. The van der Waals surface area contributed by atoms with E-state index in [0.29, 0.717) is 34.5 Å². The van der Waals surface area contributed by atoms with Gasteiger partial charge in [0, 0.05) is 15.7 Å². The Bertz CT molecular complexity index is 1450. The molecule has 5 rings (SSSR count). The number of anilines is 2. The van der Waals surface area contributed by atoms with Crippen LogP contribution in [0.1, 0.15) is 18.5 Å².